The van der Waals surface area contributed by atoms with Gasteiger partial charge in [0.25, 0.3) is 0 Å². The molecule has 0 atom stereocenters. The highest BCUT2D eigenvalue weighted by Crippen LogP contribution is 2.34. The summed E-state index contributed by atoms with van der Waals surface area (Å²) in [5, 5.41) is 14.2. The van der Waals surface area contributed by atoms with Gasteiger partial charge in [-0.1, -0.05) is 78.0 Å². The Hall–Kier alpha value is -1.73. The van der Waals surface area contributed by atoms with Crippen LogP contribution in [0.25, 0.3) is 17.1 Å². The third kappa shape index (κ3) is 6.24. The monoisotopic (exact) mass is 522 g/mol. The number of rotatable bonds is 8. The van der Waals surface area contributed by atoms with Crippen molar-refractivity contribution in [2.24, 2.45) is 0 Å². The van der Waals surface area contributed by atoms with Gasteiger partial charge in [0.15, 0.2) is 11.0 Å². The Morgan fingerprint density at radius 3 is 2.55 bits per heavy atom. The number of hydrogen-bond donors (Lipinski definition) is 1. The lowest BCUT2D eigenvalue weighted by Crippen LogP contribution is -2.36. The minimum Gasteiger partial charge on any atom is -0.353 e. The molecule has 1 aromatic heterocycles. The Bertz CT molecular complexity index is 1110. The minimum absolute atomic E-state index is 0.130. The van der Waals surface area contributed by atoms with E-state index in [4.69, 9.17) is 34.8 Å². The lowest BCUT2D eigenvalue weighted by atomic mass is 9.95. The van der Waals surface area contributed by atoms with Gasteiger partial charge in [0.2, 0.25) is 5.91 Å². The van der Waals surface area contributed by atoms with Gasteiger partial charge in [-0.3, -0.25) is 9.36 Å². The number of hydrogen-bond acceptors (Lipinski definition) is 4. The first kappa shape index (κ1) is 24.4. The fourth-order valence-electron chi connectivity index (χ4n) is 3.98. The maximum atomic E-state index is 12.3. The van der Waals surface area contributed by atoms with Crippen molar-refractivity contribution in [2.75, 3.05) is 5.75 Å². The van der Waals surface area contributed by atoms with Crippen LogP contribution in [0, 0.1) is 0 Å². The minimum atomic E-state index is 0.130. The van der Waals surface area contributed by atoms with Gasteiger partial charge < -0.3 is 5.32 Å². The molecule has 1 saturated carbocycles. The molecule has 1 amide bonds. The van der Waals surface area contributed by atoms with Gasteiger partial charge in [0.05, 0.1) is 20.8 Å². The third-order valence-corrected chi connectivity index (χ3v) is 7.74. The van der Waals surface area contributed by atoms with Crippen LogP contribution in [0.4, 0.5) is 0 Å². The van der Waals surface area contributed by atoms with Gasteiger partial charge in [0.1, 0.15) is 0 Å². The highest BCUT2D eigenvalue weighted by atomic mass is 35.5. The van der Waals surface area contributed by atoms with Crippen molar-refractivity contribution in [3.8, 4) is 17.1 Å². The number of thioether (sulfide) groups is 1. The lowest BCUT2D eigenvalue weighted by molar-refractivity contribution is -0.122. The Kier molecular flexibility index (Phi) is 8.58. The van der Waals surface area contributed by atoms with Crippen LogP contribution in [0.2, 0.25) is 15.1 Å². The summed E-state index contributed by atoms with van der Waals surface area (Å²) in [5.41, 5.74) is 1.57. The smallest absolute Gasteiger partial charge is 0.220 e. The Labute approximate surface area is 213 Å². The van der Waals surface area contributed by atoms with E-state index >= 15 is 0 Å². The molecular formula is C24H25Cl3N4OS. The molecule has 0 bridgehead atoms. The second-order valence-electron chi connectivity index (χ2n) is 8.07. The molecule has 0 spiro atoms. The Balaban J connectivity index is 1.48. The normalized spacial score (nSPS) is 14.4. The number of halogens is 3. The average molecular weight is 524 g/mol. The number of amides is 1. The first-order chi connectivity index (χ1) is 16.0. The van der Waals surface area contributed by atoms with Gasteiger partial charge >= 0.3 is 0 Å². The van der Waals surface area contributed by atoms with E-state index < -0.39 is 0 Å². The average Bonchev–Trinajstić information content (AvgIpc) is 3.23. The van der Waals surface area contributed by atoms with Crippen molar-refractivity contribution in [3.63, 3.8) is 0 Å². The maximum Gasteiger partial charge on any atom is 0.220 e. The predicted octanol–water partition coefficient (Wildman–Crippen LogP) is 7.22. The van der Waals surface area contributed by atoms with E-state index in [0.717, 1.165) is 36.3 Å². The van der Waals surface area contributed by atoms with E-state index in [1.165, 1.54) is 19.3 Å². The molecule has 1 aliphatic rings. The number of carbonyl (C=O) groups is 1. The zero-order valence-corrected chi connectivity index (χ0v) is 21.2. The van der Waals surface area contributed by atoms with Crippen molar-refractivity contribution >= 4 is 52.5 Å². The second-order valence-corrected chi connectivity index (χ2v) is 10.4. The number of aromatic nitrogens is 3. The first-order valence-corrected chi connectivity index (χ1v) is 13.2. The highest BCUT2D eigenvalue weighted by molar-refractivity contribution is 7.99. The van der Waals surface area contributed by atoms with Crippen LogP contribution in [0.3, 0.4) is 0 Å². The summed E-state index contributed by atoms with van der Waals surface area (Å²) < 4.78 is 1.93. The van der Waals surface area contributed by atoms with Crippen molar-refractivity contribution in [1.82, 2.24) is 20.1 Å². The summed E-state index contributed by atoms with van der Waals surface area (Å²) in [6.07, 6.45) is 7.13. The standard InChI is InChI=1S/C24H25Cl3N4OS/c25-19-10-5-4-9-18(19)23-29-30-24(31(23)17-12-13-20(26)21(27)15-17)33-14-6-11-22(32)28-16-7-2-1-3-8-16/h4-5,9-10,12-13,15-16H,1-3,6-8,11,14H2,(H,28,32). The van der Waals surface area contributed by atoms with Crippen LogP contribution in [0.5, 0.6) is 0 Å². The molecule has 0 saturated heterocycles. The summed E-state index contributed by atoms with van der Waals surface area (Å²) in [7, 11) is 0. The van der Waals surface area contributed by atoms with Crippen LogP contribution >= 0.6 is 46.6 Å². The Morgan fingerprint density at radius 2 is 1.79 bits per heavy atom. The highest BCUT2D eigenvalue weighted by Gasteiger charge is 2.19. The summed E-state index contributed by atoms with van der Waals surface area (Å²) in [5.74, 6) is 1.49. The molecule has 1 aliphatic carbocycles. The molecule has 33 heavy (non-hydrogen) atoms. The summed E-state index contributed by atoms with van der Waals surface area (Å²) in [6, 6.07) is 13.3. The molecule has 3 aromatic rings. The van der Waals surface area contributed by atoms with Crippen molar-refractivity contribution in [3.05, 3.63) is 57.5 Å². The SMILES string of the molecule is O=C(CCCSc1nnc(-c2ccccc2Cl)n1-c1ccc(Cl)c(Cl)c1)NC1CCCCC1. The van der Waals surface area contributed by atoms with E-state index in [2.05, 4.69) is 15.5 Å². The van der Waals surface area contributed by atoms with Crippen LogP contribution in [0.1, 0.15) is 44.9 Å². The molecule has 1 fully saturated rings. The number of nitrogens with one attached hydrogen (secondary N) is 1. The van der Waals surface area contributed by atoms with Crippen LogP contribution in [-0.4, -0.2) is 32.5 Å². The van der Waals surface area contributed by atoms with Gasteiger partial charge in [-0.25, -0.2) is 0 Å². The van der Waals surface area contributed by atoms with Crippen molar-refractivity contribution in [2.45, 2.75) is 56.1 Å². The molecule has 2 aromatic carbocycles. The Morgan fingerprint density at radius 1 is 1.00 bits per heavy atom. The summed E-state index contributed by atoms with van der Waals surface area (Å²) in [4.78, 5) is 12.3. The van der Waals surface area contributed by atoms with Crippen LogP contribution < -0.4 is 5.32 Å². The first-order valence-electron chi connectivity index (χ1n) is 11.1. The van der Waals surface area contributed by atoms with E-state index in [9.17, 15) is 4.79 Å². The zero-order chi connectivity index (χ0) is 23.2. The van der Waals surface area contributed by atoms with Gasteiger partial charge in [0, 0.05) is 23.8 Å². The summed E-state index contributed by atoms with van der Waals surface area (Å²) >= 11 is 20.4. The molecule has 5 nitrogen and oxygen atoms in total. The molecule has 0 radical (unpaired) electrons. The molecule has 1 heterocycles. The number of nitrogens with zero attached hydrogens (tertiary/aromatic N) is 3. The van der Waals surface area contributed by atoms with Gasteiger partial charge in [-0.2, -0.15) is 0 Å². The van der Waals surface area contributed by atoms with E-state index in [0.29, 0.717) is 38.5 Å². The van der Waals surface area contributed by atoms with Crippen molar-refractivity contribution < 1.29 is 4.79 Å². The fourth-order valence-corrected chi connectivity index (χ4v) is 5.38. The molecule has 9 heteroatoms. The molecule has 174 valence electrons. The number of carbonyl (C=O) groups excluding carboxylic acids is 1. The zero-order valence-electron chi connectivity index (χ0n) is 18.1. The maximum absolute atomic E-state index is 12.3. The lowest BCUT2D eigenvalue weighted by Gasteiger charge is -2.22. The molecule has 0 unspecified atom stereocenters. The second kappa shape index (κ2) is 11.6. The largest absolute Gasteiger partial charge is 0.353 e. The molecular weight excluding hydrogens is 499 g/mol. The molecule has 4 rings (SSSR count). The van der Waals surface area contributed by atoms with Gasteiger partial charge in [-0.05, 0) is 49.6 Å². The molecule has 0 aliphatic heterocycles. The van der Waals surface area contributed by atoms with Gasteiger partial charge in [-0.15, -0.1) is 10.2 Å². The number of benzene rings is 2. The van der Waals surface area contributed by atoms with E-state index in [1.54, 1.807) is 23.9 Å². The van der Waals surface area contributed by atoms with Crippen LogP contribution in [-0.2, 0) is 4.79 Å². The quantitative estimate of drug-likeness (QED) is 0.250. The third-order valence-electron chi connectivity index (χ3n) is 5.66. The topological polar surface area (TPSA) is 59.8 Å². The van der Waals surface area contributed by atoms with Crippen LogP contribution in [0.15, 0.2) is 47.6 Å². The fraction of sp³-hybridized carbons (Fsp3) is 0.375. The van der Waals surface area contributed by atoms with E-state index in [-0.39, 0.29) is 5.91 Å². The van der Waals surface area contributed by atoms with Crippen molar-refractivity contribution in [1.29, 1.82) is 0 Å². The predicted molar refractivity (Wildman–Crippen MR) is 137 cm³/mol. The van der Waals surface area contributed by atoms with E-state index in [1.807, 2.05) is 34.9 Å². The summed E-state index contributed by atoms with van der Waals surface area (Å²) in [6.45, 7) is 0. The molecule has 1 N–H and O–H groups in total.